The molecule has 1 unspecified atom stereocenters. The Labute approximate surface area is 96.9 Å². The fourth-order valence-electron chi connectivity index (χ4n) is 1.57. The van der Waals surface area contributed by atoms with Gasteiger partial charge in [0, 0.05) is 5.75 Å². The quantitative estimate of drug-likeness (QED) is 0.821. The Morgan fingerprint density at radius 3 is 2.62 bits per heavy atom. The molecule has 0 aliphatic carbocycles. The van der Waals surface area contributed by atoms with Gasteiger partial charge < -0.3 is 4.52 Å². The molecule has 84 valence electrons. The lowest BCUT2D eigenvalue weighted by molar-refractivity contribution is 0.343. The number of rotatable bonds is 3. The molecule has 1 heterocycles. The predicted molar refractivity (Wildman–Crippen MR) is 63.6 cm³/mol. The highest BCUT2D eigenvalue weighted by Gasteiger charge is 2.18. The third-order valence-corrected chi connectivity index (χ3v) is 3.58. The molecule has 0 N–H and O–H groups in total. The van der Waals surface area contributed by atoms with Crippen molar-refractivity contribution in [3.63, 3.8) is 0 Å². The van der Waals surface area contributed by atoms with Gasteiger partial charge in [0.15, 0.2) is 0 Å². The third-order valence-electron chi connectivity index (χ3n) is 2.36. The maximum absolute atomic E-state index is 11.8. The molecule has 1 aromatic carbocycles. The number of aromatic nitrogens is 1. The van der Waals surface area contributed by atoms with Crippen LogP contribution in [0.2, 0.25) is 0 Å². The lowest BCUT2D eigenvalue weighted by Gasteiger charge is -2.00. The molecule has 2 rings (SSSR count). The lowest BCUT2D eigenvalue weighted by atomic mass is 10.1. The highest BCUT2D eigenvalue weighted by Crippen LogP contribution is 2.29. The molecule has 0 fully saturated rings. The van der Waals surface area contributed by atoms with E-state index in [0.29, 0.717) is 10.8 Å². The van der Waals surface area contributed by atoms with Gasteiger partial charge in [0.05, 0.1) is 22.1 Å². The first-order valence-corrected chi connectivity index (χ1v) is 6.46. The monoisotopic (exact) mass is 235 g/mol. The molecule has 1 atom stereocenters. The van der Waals surface area contributed by atoms with Crippen LogP contribution in [0.1, 0.15) is 12.6 Å². The van der Waals surface area contributed by atoms with E-state index in [9.17, 15) is 4.21 Å². The number of aryl methyl sites for hydroxylation is 1. The van der Waals surface area contributed by atoms with Gasteiger partial charge in [-0.25, -0.2) is 0 Å². The highest BCUT2D eigenvalue weighted by molar-refractivity contribution is 7.85. The number of hydrogen-bond acceptors (Lipinski definition) is 3. The molecule has 2 aromatic rings. The summed E-state index contributed by atoms with van der Waals surface area (Å²) >= 11 is 0. The molecule has 1 aromatic heterocycles. The van der Waals surface area contributed by atoms with E-state index in [1.165, 1.54) is 0 Å². The molecule has 4 heteroatoms. The molecule has 16 heavy (non-hydrogen) atoms. The molecular weight excluding hydrogens is 222 g/mol. The minimum absolute atomic E-state index is 0.478. The topological polar surface area (TPSA) is 43.1 Å². The summed E-state index contributed by atoms with van der Waals surface area (Å²) in [4.78, 5) is 0. The van der Waals surface area contributed by atoms with E-state index in [-0.39, 0.29) is 0 Å². The van der Waals surface area contributed by atoms with E-state index in [1.54, 1.807) is 0 Å². The van der Waals surface area contributed by atoms with Gasteiger partial charge in [-0.1, -0.05) is 42.4 Å². The summed E-state index contributed by atoms with van der Waals surface area (Å²) < 4.78 is 17.0. The SMILES string of the molecule is CCS(=O)c1onc(C)c1-c1ccccc1. The average molecular weight is 235 g/mol. The van der Waals surface area contributed by atoms with Crippen LogP contribution in [-0.4, -0.2) is 15.1 Å². The van der Waals surface area contributed by atoms with Crippen LogP contribution in [0.5, 0.6) is 0 Å². The largest absolute Gasteiger partial charge is 0.346 e. The van der Waals surface area contributed by atoms with Crippen molar-refractivity contribution in [2.45, 2.75) is 18.9 Å². The van der Waals surface area contributed by atoms with Crippen molar-refractivity contribution < 1.29 is 8.73 Å². The summed E-state index contributed by atoms with van der Waals surface area (Å²) in [5.74, 6) is 0.536. The van der Waals surface area contributed by atoms with Gasteiger partial charge in [-0.2, -0.15) is 0 Å². The van der Waals surface area contributed by atoms with Gasteiger partial charge >= 0.3 is 0 Å². The van der Waals surface area contributed by atoms with Crippen molar-refractivity contribution in [3.05, 3.63) is 36.0 Å². The second-order valence-electron chi connectivity index (χ2n) is 3.43. The fourth-order valence-corrected chi connectivity index (χ4v) is 2.44. The summed E-state index contributed by atoms with van der Waals surface area (Å²) in [6, 6.07) is 9.77. The first kappa shape index (κ1) is 11.1. The standard InChI is InChI=1S/C12H13NO2S/c1-3-16(14)12-11(9(2)13-15-12)10-7-5-4-6-8-10/h4-8H,3H2,1-2H3. The Balaban J connectivity index is 2.56. The Morgan fingerprint density at radius 1 is 1.31 bits per heavy atom. The third kappa shape index (κ3) is 1.93. The van der Waals surface area contributed by atoms with Crippen LogP contribution in [0.15, 0.2) is 39.9 Å². The van der Waals surface area contributed by atoms with Crippen LogP contribution in [0.4, 0.5) is 0 Å². The van der Waals surface area contributed by atoms with Gasteiger partial charge in [-0.3, -0.25) is 4.21 Å². The molecule has 0 spiro atoms. The van der Waals surface area contributed by atoms with Crippen LogP contribution in [-0.2, 0) is 10.8 Å². The zero-order chi connectivity index (χ0) is 11.5. The summed E-state index contributed by atoms with van der Waals surface area (Å²) in [5, 5.41) is 4.37. The maximum Gasteiger partial charge on any atom is 0.231 e. The Morgan fingerprint density at radius 2 is 2.00 bits per heavy atom. The van der Waals surface area contributed by atoms with Gasteiger partial charge in [0.2, 0.25) is 5.09 Å². The summed E-state index contributed by atoms with van der Waals surface area (Å²) in [5.41, 5.74) is 2.64. The molecule has 0 bridgehead atoms. The molecule has 0 aliphatic heterocycles. The Bertz CT molecular complexity index is 505. The van der Waals surface area contributed by atoms with E-state index < -0.39 is 10.8 Å². The first-order valence-electron chi connectivity index (χ1n) is 5.14. The van der Waals surface area contributed by atoms with Crippen LogP contribution >= 0.6 is 0 Å². The second-order valence-corrected chi connectivity index (χ2v) is 5.07. The summed E-state index contributed by atoms with van der Waals surface area (Å²) in [6.07, 6.45) is 0. The Hall–Kier alpha value is -1.42. The number of hydrogen-bond donors (Lipinski definition) is 0. The van der Waals surface area contributed by atoms with Gasteiger partial charge in [-0.05, 0) is 12.5 Å². The van der Waals surface area contributed by atoms with Crippen LogP contribution in [0.25, 0.3) is 11.1 Å². The Kier molecular flexibility index (Phi) is 3.19. The molecule has 0 amide bonds. The van der Waals surface area contributed by atoms with E-state index in [2.05, 4.69) is 5.16 Å². The molecule has 0 saturated heterocycles. The van der Waals surface area contributed by atoms with Crippen LogP contribution in [0, 0.1) is 6.92 Å². The van der Waals surface area contributed by atoms with Crippen molar-refractivity contribution in [3.8, 4) is 11.1 Å². The minimum Gasteiger partial charge on any atom is -0.346 e. The summed E-state index contributed by atoms with van der Waals surface area (Å²) in [6.45, 7) is 3.73. The van der Waals surface area contributed by atoms with E-state index >= 15 is 0 Å². The van der Waals surface area contributed by atoms with Crippen molar-refractivity contribution in [2.75, 3.05) is 5.75 Å². The van der Waals surface area contributed by atoms with Crippen molar-refractivity contribution in [2.24, 2.45) is 0 Å². The second kappa shape index (κ2) is 4.61. The van der Waals surface area contributed by atoms with E-state index in [1.807, 2.05) is 44.2 Å². The zero-order valence-corrected chi connectivity index (χ0v) is 10.1. The predicted octanol–water partition coefficient (Wildman–Crippen LogP) is 2.78. The fraction of sp³-hybridized carbons (Fsp3) is 0.250. The molecular formula is C12H13NO2S. The van der Waals surface area contributed by atoms with E-state index in [0.717, 1.165) is 16.8 Å². The highest BCUT2D eigenvalue weighted by atomic mass is 32.2. The van der Waals surface area contributed by atoms with E-state index in [4.69, 9.17) is 4.52 Å². The van der Waals surface area contributed by atoms with Gasteiger partial charge in [0.25, 0.3) is 0 Å². The normalized spacial score (nSPS) is 12.6. The minimum atomic E-state index is -1.11. The maximum atomic E-state index is 11.8. The zero-order valence-electron chi connectivity index (χ0n) is 9.27. The first-order chi connectivity index (χ1) is 7.74. The van der Waals surface area contributed by atoms with Gasteiger partial charge in [-0.15, -0.1) is 0 Å². The summed E-state index contributed by atoms with van der Waals surface area (Å²) in [7, 11) is -1.11. The molecule has 0 aliphatic rings. The van der Waals surface area contributed by atoms with Crippen molar-refractivity contribution in [1.29, 1.82) is 0 Å². The molecule has 3 nitrogen and oxygen atoms in total. The molecule has 0 saturated carbocycles. The van der Waals surface area contributed by atoms with Crippen LogP contribution < -0.4 is 0 Å². The smallest absolute Gasteiger partial charge is 0.231 e. The van der Waals surface area contributed by atoms with Crippen molar-refractivity contribution in [1.82, 2.24) is 5.16 Å². The number of benzene rings is 1. The number of nitrogens with zero attached hydrogens (tertiary/aromatic N) is 1. The molecule has 0 radical (unpaired) electrons. The van der Waals surface area contributed by atoms with Gasteiger partial charge in [0.1, 0.15) is 0 Å². The average Bonchev–Trinajstić information content (AvgIpc) is 2.71. The lowest BCUT2D eigenvalue weighted by Crippen LogP contribution is -1.94. The van der Waals surface area contributed by atoms with Crippen molar-refractivity contribution >= 4 is 10.8 Å². The van der Waals surface area contributed by atoms with Crippen LogP contribution in [0.3, 0.4) is 0 Å².